The van der Waals surface area contributed by atoms with E-state index >= 15 is 0 Å². The molecule has 0 aliphatic heterocycles. The molecule has 0 spiro atoms. The van der Waals surface area contributed by atoms with Crippen LogP contribution in [0.5, 0.6) is 0 Å². The van der Waals surface area contributed by atoms with Gasteiger partial charge in [-0.15, -0.1) is 0 Å². The Hall–Kier alpha value is -1.28. The molecule has 3 rings (SSSR count). The molecule has 2 nitrogen and oxygen atoms in total. The van der Waals surface area contributed by atoms with Gasteiger partial charge in [0.05, 0.1) is 0 Å². The van der Waals surface area contributed by atoms with Gasteiger partial charge < -0.3 is 10.3 Å². The number of H-pyrrole nitrogens is 1. The van der Waals surface area contributed by atoms with Crippen molar-refractivity contribution in [2.45, 2.75) is 38.8 Å². The molecule has 1 fully saturated rings. The molecule has 1 aromatic carbocycles. The van der Waals surface area contributed by atoms with Crippen molar-refractivity contribution in [3.05, 3.63) is 35.5 Å². The Kier molecular flexibility index (Phi) is 2.44. The molecule has 84 valence electrons. The normalized spacial score (nSPS) is 16.6. The number of hydrogen-bond acceptors (Lipinski definition) is 1. The summed E-state index contributed by atoms with van der Waals surface area (Å²) in [6.45, 7) is 3.10. The van der Waals surface area contributed by atoms with Crippen molar-refractivity contribution >= 4 is 10.9 Å². The summed E-state index contributed by atoms with van der Waals surface area (Å²) in [5, 5.41) is 4.90. The van der Waals surface area contributed by atoms with Crippen molar-refractivity contribution in [2.24, 2.45) is 0 Å². The highest BCUT2D eigenvalue weighted by Gasteiger charge is 2.16. The van der Waals surface area contributed by atoms with Crippen LogP contribution in [0.25, 0.3) is 10.9 Å². The summed E-state index contributed by atoms with van der Waals surface area (Å²) in [6.07, 6.45) is 4.09. The van der Waals surface area contributed by atoms with Gasteiger partial charge >= 0.3 is 0 Å². The van der Waals surface area contributed by atoms with Crippen molar-refractivity contribution < 1.29 is 0 Å². The smallest absolute Gasteiger partial charge is 0.0459 e. The minimum atomic E-state index is 0.758. The largest absolute Gasteiger partial charge is 0.357 e. The fourth-order valence-corrected chi connectivity index (χ4v) is 2.26. The van der Waals surface area contributed by atoms with Gasteiger partial charge in [0, 0.05) is 23.8 Å². The molecule has 2 heteroatoms. The van der Waals surface area contributed by atoms with E-state index in [1.807, 2.05) is 0 Å². The van der Waals surface area contributed by atoms with Crippen LogP contribution in [0, 0.1) is 6.92 Å². The first-order valence-corrected chi connectivity index (χ1v) is 6.13. The maximum absolute atomic E-state index is 3.58. The van der Waals surface area contributed by atoms with Gasteiger partial charge in [0.15, 0.2) is 0 Å². The van der Waals surface area contributed by atoms with Crippen LogP contribution in [0.1, 0.15) is 30.5 Å². The minimum absolute atomic E-state index is 0.758. The topological polar surface area (TPSA) is 27.8 Å². The second kappa shape index (κ2) is 3.95. The van der Waals surface area contributed by atoms with Gasteiger partial charge in [-0.3, -0.25) is 0 Å². The Morgan fingerprint density at radius 2 is 2.19 bits per heavy atom. The number of aromatic nitrogens is 1. The van der Waals surface area contributed by atoms with Gasteiger partial charge in [-0.2, -0.15) is 0 Å². The predicted molar refractivity (Wildman–Crippen MR) is 67.5 cm³/mol. The fourth-order valence-electron chi connectivity index (χ4n) is 2.26. The molecular formula is C14H18N2. The standard InChI is InChI=1S/C14H18N2/c1-10-5-6-11-8-13(16-14(11)7-10)9-15-12-3-2-4-12/h5-8,12,15-16H,2-4,9H2,1H3. The van der Waals surface area contributed by atoms with Gasteiger partial charge in [-0.1, -0.05) is 18.6 Å². The van der Waals surface area contributed by atoms with E-state index in [-0.39, 0.29) is 0 Å². The summed E-state index contributed by atoms with van der Waals surface area (Å²) < 4.78 is 0. The first kappa shape index (κ1) is 9.91. The van der Waals surface area contributed by atoms with E-state index in [2.05, 4.69) is 41.5 Å². The molecule has 0 amide bonds. The van der Waals surface area contributed by atoms with Crippen LogP contribution in [0.2, 0.25) is 0 Å². The number of aromatic amines is 1. The molecular weight excluding hydrogens is 196 g/mol. The van der Waals surface area contributed by atoms with Crippen LogP contribution in [0.3, 0.4) is 0 Å². The number of benzene rings is 1. The zero-order valence-electron chi connectivity index (χ0n) is 9.72. The first-order chi connectivity index (χ1) is 7.81. The van der Waals surface area contributed by atoms with E-state index in [0.717, 1.165) is 12.6 Å². The monoisotopic (exact) mass is 214 g/mol. The van der Waals surface area contributed by atoms with Gasteiger partial charge in [-0.25, -0.2) is 0 Å². The Morgan fingerprint density at radius 3 is 2.94 bits per heavy atom. The molecule has 0 radical (unpaired) electrons. The van der Waals surface area contributed by atoms with Crippen LogP contribution < -0.4 is 5.32 Å². The third kappa shape index (κ3) is 1.85. The van der Waals surface area contributed by atoms with E-state index in [4.69, 9.17) is 0 Å². The summed E-state index contributed by atoms with van der Waals surface area (Å²) in [6, 6.07) is 9.57. The zero-order chi connectivity index (χ0) is 11.0. The van der Waals surface area contributed by atoms with E-state index < -0.39 is 0 Å². The summed E-state index contributed by atoms with van der Waals surface area (Å²) in [4.78, 5) is 3.48. The Morgan fingerprint density at radius 1 is 1.31 bits per heavy atom. The zero-order valence-corrected chi connectivity index (χ0v) is 9.72. The number of aryl methyl sites for hydroxylation is 1. The molecule has 1 heterocycles. The third-order valence-electron chi connectivity index (χ3n) is 3.52. The SMILES string of the molecule is Cc1ccc2cc(CNC3CCC3)[nH]c2c1. The molecule has 0 bridgehead atoms. The van der Waals surface area contributed by atoms with E-state index in [1.54, 1.807) is 0 Å². The summed E-state index contributed by atoms with van der Waals surface area (Å²) >= 11 is 0. The second-order valence-corrected chi connectivity index (χ2v) is 4.89. The lowest BCUT2D eigenvalue weighted by atomic mass is 9.93. The maximum Gasteiger partial charge on any atom is 0.0459 e. The molecule has 2 N–H and O–H groups in total. The maximum atomic E-state index is 3.58. The Bertz CT molecular complexity index is 494. The van der Waals surface area contributed by atoms with E-state index in [9.17, 15) is 0 Å². The van der Waals surface area contributed by atoms with Crippen molar-refractivity contribution in [1.29, 1.82) is 0 Å². The van der Waals surface area contributed by atoms with Gasteiger partial charge in [0.25, 0.3) is 0 Å². The molecule has 1 aromatic heterocycles. The molecule has 0 unspecified atom stereocenters. The highest BCUT2D eigenvalue weighted by molar-refractivity contribution is 5.81. The lowest BCUT2D eigenvalue weighted by molar-refractivity contribution is 0.337. The van der Waals surface area contributed by atoms with Crippen LogP contribution in [0.4, 0.5) is 0 Å². The molecule has 0 atom stereocenters. The first-order valence-electron chi connectivity index (χ1n) is 6.13. The Labute approximate surface area is 96.1 Å². The average molecular weight is 214 g/mol. The predicted octanol–water partition coefficient (Wildman–Crippen LogP) is 3.12. The van der Waals surface area contributed by atoms with E-state index in [1.165, 1.54) is 41.4 Å². The minimum Gasteiger partial charge on any atom is -0.357 e. The number of fused-ring (bicyclic) bond motifs is 1. The molecule has 1 aliphatic carbocycles. The highest BCUT2D eigenvalue weighted by atomic mass is 14.9. The van der Waals surface area contributed by atoms with Crippen molar-refractivity contribution in [2.75, 3.05) is 0 Å². The number of rotatable bonds is 3. The van der Waals surface area contributed by atoms with Crippen molar-refractivity contribution in [1.82, 2.24) is 10.3 Å². The molecule has 0 saturated heterocycles. The second-order valence-electron chi connectivity index (χ2n) is 4.89. The number of nitrogens with one attached hydrogen (secondary N) is 2. The van der Waals surface area contributed by atoms with Gasteiger partial charge in [0.1, 0.15) is 0 Å². The quantitative estimate of drug-likeness (QED) is 0.807. The summed E-state index contributed by atoms with van der Waals surface area (Å²) in [7, 11) is 0. The molecule has 1 saturated carbocycles. The highest BCUT2D eigenvalue weighted by Crippen LogP contribution is 2.20. The fraction of sp³-hybridized carbons (Fsp3) is 0.429. The Balaban J connectivity index is 1.76. The van der Waals surface area contributed by atoms with Crippen LogP contribution >= 0.6 is 0 Å². The van der Waals surface area contributed by atoms with Crippen LogP contribution in [-0.4, -0.2) is 11.0 Å². The van der Waals surface area contributed by atoms with E-state index in [0.29, 0.717) is 0 Å². The van der Waals surface area contributed by atoms with Crippen molar-refractivity contribution in [3.63, 3.8) is 0 Å². The van der Waals surface area contributed by atoms with Crippen LogP contribution in [0.15, 0.2) is 24.3 Å². The van der Waals surface area contributed by atoms with Gasteiger partial charge in [0.2, 0.25) is 0 Å². The molecule has 2 aromatic rings. The van der Waals surface area contributed by atoms with Crippen molar-refractivity contribution in [3.8, 4) is 0 Å². The number of hydrogen-bond donors (Lipinski definition) is 2. The van der Waals surface area contributed by atoms with Crippen LogP contribution in [-0.2, 0) is 6.54 Å². The molecule has 16 heavy (non-hydrogen) atoms. The summed E-state index contributed by atoms with van der Waals surface area (Å²) in [5.41, 5.74) is 3.87. The third-order valence-corrected chi connectivity index (χ3v) is 3.52. The summed E-state index contributed by atoms with van der Waals surface area (Å²) in [5.74, 6) is 0. The molecule has 1 aliphatic rings. The lowest BCUT2D eigenvalue weighted by Gasteiger charge is -2.26. The lowest BCUT2D eigenvalue weighted by Crippen LogP contribution is -2.34. The average Bonchev–Trinajstić information content (AvgIpc) is 2.57. The van der Waals surface area contributed by atoms with Gasteiger partial charge in [-0.05, 0) is 42.8 Å².